The molecule has 5 rings (SSSR count). The number of aromatic nitrogens is 6. The van der Waals surface area contributed by atoms with Crippen LogP contribution in [0.4, 0.5) is 0 Å². The zero-order valence-electron chi connectivity index (χ0n) is 29.1. The number of hydrogen-bond acceptors (Lipinski definition) is 6. The standard InChI is InChI=1S/C15H22ClN3OS.C14H15Cl2N3OS.2C2H6.CH3Cl/c1-3-5-6-12(4-2)9-15(20,14(16)7-8-14)10-19-13(21)17-11-18-19;15-11-4-2-1-3-10(11)7-14(20,13(16)5-6-13)8-19-12(21)17-9-18-19;3*1-2/h4-6,11,20H,3,7-10H2,1-2H3,(H,17,18,21);1-4,9,20H,5-8H2,(H,17,18,21);2*1-2H3;1H3/b6-5-,12-4+;;;;. The molecule has 14 heteroatoms. The van der Waals surface area contributed by atoms with Crippen molar-refractivity contribution in [1.82, 2.24) is 29.5 Å². The summed E-state index contributed by atoms with van der Waals surface area (Å²) in [6, 6.07) is 7.48. The Morgan fingerprint density at radius 3 is 1.75 bits per heavy atom. The lowest BCUT2D eigenvalue weighted by Gasteiger charge is -2.33. The van der Waals surface area contributed by atoms with Gasteiger partial charge in [0.1, 0.15) is 23.9 Å². The van der Waals surface area contributed by atoms with Gasteiger partial charge in [0.15, 0.2) is 0 Å². The second-order valence-electron chi connectivity index (χ2n) is 11.1. The lowest BCUT2D eigenvalue weighted by Crippen LogP contribution is -2.47. The predicted octanol–water partition coefficient (Wildman–Crippen LogP) is 9.99. The molecule has 2 heterocycles. The molecule has 2 atom stereocenters. The van der Waals surface area contributed by atoms with E-state index in [1.165, 1.54) is 19.0 Å². The zero-order valence-corrected chi connectivity index (χ0v) is 33.7. The molecule has 4 N–H and O–H groups in total. The molecule has 2 aromatic heterocycles. The third-order valence-corrected chi connectivity index (χ3v) is 10.5. The molecule has 2 aliphatic carbocycles. The molecule has 2 unspecified atom stereocenters. The average Bonchev–Trinajstić information content (AvgIpc) is 3.96. The Kier molecular flexibility index (Phi) is 19.5. The smallest absolute Gasteiger partial charge is 0.215 e. The van der Waals surface area contributed by atoms with Crippen LogP contribution in [0.1, 0.15) is 85.6 Å². The van der Waals surface area contributed by atoms with E-state index in [1.54, 1.807) is 9.36 Å². The lowest BCUT2D eigenvalue weighted by molar-refractivity contribution is 0.00714. The van der Waals surface area contributed by atoms with Crippen molar-refractivity contribution in [3.63, 3.8) is 0 Å². The van der Waals surface area contributed by atoms with Gasteiger partial charge in [0, 0.05) is 24.2 Å². The van der Waals surface area contributed by atoms with Gasteiger partial charge in [-0.15, -0.1) is 34.8 Å². The molecule has 0 amide bonds. The molecule has 0 saturated heterocycles. The minimum Gasteiger partial charge on any atom is -0.386 e. The molecule has 0 aliphatic heterocycles. The highest BCUT2D eigenvalue weighted by atomic mass is 35.5. The summed E-state index contributed by atoms with van der Waals surface area (Å²) in [6.45, 7) is 12.7. The number of halogens is 4. The van der Waals surface area contributed by atoms with Crippen LogP contribution in [0, 0.1) is 9.54 Å². The number of hydrogen-bond donors (Lipinski definition) is 4. The first-order valence-corrected chi connectivity index (χ1v) is 19.0. The van der Waals surface area contributed by atoms with Crippen molar-refractivity contribution in [2.24, 2.45) is 0 Å². The van der Waals surface area contributed by atoms with Gasteiger partial charge in [-0.25, -0.2) is 9.97 Å². The maximum Gasteiger partial charge on any atom is 0.215 e. The van der Waals surface area contributed by atoms with Crippen molar-refractivity contribution >= 4 is 70.8 Å². The van der Waals surface area contributed by atoms with Crippen molar-refractivity contribution in [2.75, 3.05) is 6.38 Å². The Morgan fingerprint density at radius 2 is 1.35 bits per heavy atom. The number of nitrogens with zero attached hydrogens (tertiary/aromatic N) is 4. The number of H-pyrrole nitrogens is 2. The van der Waals surface area contributed by atoms with Crippen LogP contribution in [0.15, 0.2) is 60.7 Å². The number of rotatable bonds is 12. The fourth-order valence-corrected chi connectivity index (χ4v) is 5.97. The van der Waals surface area contributed by atoms with Crippen LogP contribution in [0.3, 0.4) is 0 Å². The first-order valence-electron chi connectivity index (χ1n) is 16.3. The van der Waals surface area contributed by atoms with Crippen molar-refractivity contribution in [1.29, 1.82) is 0 Å². The van der Waals surface area contributed by atoms with Gasteiger partial charge in [0.2, 0.25) is 9.54 Å². The van der Waals surface area contributed by atoms with Crippen molar-refractivity contribution in [2.45, 2.75) is 121 Å². The van der Waals surface area contributed by atoms with E-state index in [9.17, 15) is 10.2 Å². The molecule has 0 spiro atoms. The van der Waals surface area contributed by atoms with Gasteiger partial charge in [0.25, 0.3) is 0 Å². The predicted molar refractivity (Wildman–Crippen MR) is 208 cm³/mol. The number of benzene rings is 1. The van der Waals surface area contributed by atoms with Gasteiger partial charge < -0.3 is 10.2 Å². The van der Waals surface area contributed by atoms with E-state index in [1.807, 2.05) is 65.0 Å². The zero-order chi connectivity index (χ0) is 36.6. The SMILES string of the molecule is C/C=C(\C=C/CC)CC(O)(Cn1[nH]cnc1=S)C1(Cl)CC1.CC.CC.CCl.OC(Cc1ccccc1Cl)(Cn1[nH]cnc1=S)C1(Cl)CC1. The highest BCUT2D eigenvalue weighted by Crippen LogP contribution is 2.54. The summed E-state index contributed by atoms with van der Waals surface area (Å²) in [5.41, 5.74) is -0.222. The monoisotopic (exact) mass is 780 g/mol. The number of nitrogens with one attached hydrogen (secondary N) is 2. The minimum atomic E-state index is -1.13. The number of alkyl halides is 3. The molecule has 3 aromatic rings. The van der Waals surface area contributed by atoms with E-state index in [-0.39, 0.29) is 6.54 Å². The Bertz CT molecular complexity index is 1540. The van der Waals surface area contributed by atoms with Crippen molar-refractivity contribution < 1.29 is 10.2 Å². The largest absolute Gasteiger partial charge is 0.386 e. The van der Waals surface area contributed by atoms with Gasteiger partial charge in [-0.1, -0.05) is 82.6 Å². The summed E-state index contributed by atoms with van der Waals surface area (Å²) in [7, 11) is 0. The maximum absolute atomic E-state index is 11.2. The van der Waals surface area contributed by atoms with E-state index in [0.29, 0.717) is 34.0 Å². The number of allylic oxidation sites excluding steroid dienone is 3. The molecule has 2 aliphatic rings. The lowest BCUT2D eigenvalue weighted by atomic mass is 9.88. The summed E-state index contributed by atoms with van der Waals surface area (Å²) in [4.78, 5) is 6.76. The molecule has 8 nitrogen and oxygen atoms in total. The number of aromatic amines is 2. The molecule has 48 heavy (non-hydrogen) atoms. The van der Waals surface area contributed by atoms with Gasteiger partial charge in [0.05, 0.1) is 22.8 Å². The average molecular weight is 783 g/mol. The van der Waals surface area contributed by atoms with Crippen LogP contribution < -0.4 is 0 Å². The Hall–Kier alpha value is -1.50. The van der Waals surface area contributed by atoms with Crippen molar-refractivity contribution in [3.05, 3.63) is 80.8 Å². The number of aliphatic hydroxyl groups is 2. The highest BCUT2D eigenvalue weighted by Gasteiger charge is 2.59. The van der Waals surface area contributed by atoms with Crippen LogP contribution in [-0.4, -0.2) is 67.1 Å². The van der Waals surface area contributed by atoms with Crippen LogP contribution >= 0.6 is 70.8 Å². The summed E-state index contributed by atoms with van der Waals surface area (Å²) in [5.74, 6) is 0. The van der Waals surface area contributed by atoms with Crippen LogP contribution in [0.5, 0.6) is 0 Å². The van der Waals surface area contributed by atoms with Gasteiger partial charge in [-0.2, -0.15) is 0 Å². The van der Waals surface area contributed by atoms with Gasteiger partial charge in [-0.3, -0.25) is 19.6 Å². The molecule has 1 aromatic carbocycles. The van der Waals surface area contributed by atoms with Crippen molar-refractivity contribution in [3.8, 4) is 0 Å². The fourth-order valence-electron chi connectivity index (χ4n) is 4.99. The Morgan fingerprint density at radius 1 is 0.896 bits per heavy atom. The first-order chi connectivity index (χ1) is 22.9. The van der Waals surface area contributed by atoms with Gasteiger partial charge in [-0.05, 0) is 80.7 Å². The molecular formula is C34H52Cl4N6O2S2. The molecular weight excluding hydrogens is 730 g/mol. The minimum absolute atomic E-state index is 0.264. The fraction of sp³-hybridized carbons (Fsp3) is 0.588. The Labute approximate surface area is 316 Å². The maximum atomic E-state index is 11.2. The topological polar surface area (TPSA) is 108 Å². The highest BCUT2D eigenvalue weighted by molar-refractivity contribution is 7.71. The molecule has 270 valence electrons. The van der Waals surface area contributed by atoms with Crippen LogP contribution in [-0.2, 0) is 19.5 Å². The molecule has 0 bridgehead atoms. The van der Waals surface area contributed by atoms with Crippen LogP contribution in [0.25, 0.3) is 0 Å². The summed E-state index contributed by atoms with van der Waals surface area (Å²) < 4.78 is 4.14. The second kappa shape index (κ2) is 21.0. The second-order valence-corrected chi connectivity index (χ2v) is 13.7. The summed E-state index contributed by atoms with van der Waals surface area (Å²) >= 11 is 34.2. The normalized spacial score (nSPS) is 17.8. The van der Waals surface area contributed by atoms with E-state index in [4.69, 9.17) is 59.2 Å². The third-order valence-electron chi connectivity index (χ3n) is 8.00. The quantitative estimate of drug-likeness (QED) is 0.0828. The molecule has 0 radical (unpaired) electrons. The van der Waals surface area contributed by atoms with E-state index in [2.05, 4.69) is 50.8 Å². The summed E-state index contributed by atoms with van der Waals surface area (Å²) in [6.07, 6.45) is 15.7. The Balaban J connectivity index is 0.000000416. The molecule has 2 fully saturated rings. The van der Waals surface area contributed by atoms with E-state index >= 15 is 0 Å². The van der Waals surface area contributed by atoms with Crippen LogP contribution in [0.2, 0.25) is 5.02 Å². The molecule has 2 saturated carbocycles. The third kappa shape index (κ3) is 12.1. The van der Waals surface area contributed by atoms with E-state index in [0.717, 1.165) is 43.2 Å². The first kappa shape index (κ1) is 44.5. The van der Waals surface area contributed by atoms with E-state index < -0.39 is 21.0 Å². The summed E-state index contributed by atoms with van der Waals surface area (Å²) in [5, 5.41) is 28.8. The van der Waals surface area contributed by atoms with Gasteiger partial charge >= 0.3 is 0 Å².